The van der Waals surface area contributed by atoms with Crippen LogP contribution in [0.25, 0.3) is 0 Å². The fraction of sp³-hybridized carbons (Fsp3) is 1.00. The first-order valence-electron chi connectivity index (χ1n) is 5.76. The van der Waals surface area contributed by atoms with Crippen LogP contribution in [0.15, 0.2) is 0 Å². The Morgan fingerprint density at radius 1 is 1.40 bits per heavy atom. The van der Waals surface area contributed by atoms with E-state index in [1.54, 1.807) is 6.92 Å². The summed E-state index contributed by atoms with van der Waals surface area (Å²) >= 11 is 0. The van der Waals surface area contributed by atoms with Gasteiger partial charge in [-0.15, -0.1) is 0 Å². The molecule has 0 aliphatic carbocycles. The summed E-state index contributed by atoms with van der Waals surface area (Å²) in [4.78, 5) is 2.35. The van der Waals surface area contributed by atoms with E-state index in [-0.39, 0.29) is 6.61 Å². The van der Waals surface area contributed by atoms with E-state index in [1.807, 2.05) is 0 Å². The minimum atomic E-state index is -0.981. The minimum absolute atomic E-state index is 0.187. The molecule has 1 unspecified atom stereocenters. The predicted molar refractivity (Wildman–Crippen MR) is 60.8 cm³/mol. The maximum atomic E-state index is 9.57. The summed E-state index contributed by atoms with van der Waals surface area (Å²) < 4.78 is 0. The Bertz CT molecular complexity index is 177. The van der Waals surface area contributed by atoms with Crippen LogP contribution >= 0.6 is 0 Å². The highest BCUT2D eigenvalue weighted by Crippen LogP contribution is 2.14. The summed E-state index contributed by atoms with van der Waals surface area (Å²) in [6, 6.07) is 0. The molecule has 90 valence electrons. The van der Waals surface area contributed by atoms with Crippen molar-refractivity contribution in [3.8, 4) is 0 Å². The highest BCUT2D eigenvalue weighted by atomic mass is 16.3. The second kappa shape index (κ2) is 5.80. The summed E-state index contributed by atoms with van der Waals surface area (Å²) in [5.41, 5.74) is -0.981. The second-order valence-corrected chi connectivity index (χ2v) is 5.03. The van der Waals surface area contributed by atoms with Crippen molar-refractivity contribution in [3.63, 3.8) is 0 Å². The first-order valence-corrected chi connectivity index (χ1v) is 5.76. The van der Waals surface area contributed by atoms with E-state index in [9.17, 15) is 5.11 Å². The third-order valence-electron chi connectivity index (χ3n) is 3.12. The fourth-order valence-electron chi connectivity index (χ4n) is 1.87. The van der Waals surface area contributed by atoms with Crippen LogP contribution < -0.4 is 5.32 Å². The van der Waals surface area contributed by atoms with Gasteiger partial charge in [0.15, 0.2) is 0 Å². The van der Waals surface area contributed by atoms with Crippen molar-refractivity contribution in [1.82, 2.24) is 10.2 Å². The maximum Gasteiger partial charge on any atom is 0.0972 e. The number of aliphatic hydroxyl groups excluding tert-OH is 1. The van der Waals surface area contributed by atoms with E-state index < -0.39 is 5.60 Å². The molecule has 1 atom stereocenters. The molecule has 3 N–H and O–H groups in total. The number of hydrogen-bond donors (Lipinski definition) is 3. The zero-order valence-corrected chi connectivity index (χ0v) is 9.87. The molecule has 0 amide bonds. The maximum absolute atomic E-state index is 9.57. The third kappa shape index (κ3) is 4.93. The van der Waals surface area contributed by atoms with Crippen LogP contribution in [0.3, 0.4) is 0 Å². The molecule has 1 saturated heterocycles. The van der Waals surface area contributed by atoms with E-state index in [4.69, 9.17) is 5.11 Å². The van der Waals surface area contributed by atoms with E-state index in [2.05, 4.69) is 17.3 Å². The van der Waals surface area contributed by atoms with E-state index in [0.717, 1.165) is 12.5 Å². The lowest BCUT2D eigenvalue weighted by Gasteiger charge is -2.30. The Hall–Kier alpha value is -0.160. The first-order chi connectivity index (χ1) is 7.03. The number of likely N-dealkylation sites (tertiary alicyclic amines) is 1. The number of hydrogen-bond acceptors (Lipinski definition) is 4. The van der Waals surface area contributed by atoms with Crippen molar-refractivity contribution in [2.45, 2.75) is 25.4 Å². The highest BCUT2D eigenvalue weighted by Gasteiger charge is 2.20. The number of piperidine rings is 1. The van der Waals surface area contributed by atoms with Crippen molar-refractivity contribution in [2.24, 2.45) is 5.92 Å². The molecule has 1 rings (SSSR count). The van der Waals surface area contributed by atoms with E-state index in [0.29, 0.717) is 6.54 Å². The van der Waals surface area contributed by atoms with Crippen molar-refractivity contribution < 1.29 is 10.2 Å². The van der Waals surface area contributed by atoms with Crippen LogP contribution in [0.1, 0.15) is 19.8 Å². The lowest BCUT2D eigenvalue weighted by molar-refractivity contribution is 0.00179. The van der Waals surface area contributed by atoms with Gasteiger partial charge in [0, 0.05) is 6.54 Å². The molecule has 1 fully saturated rings. The molecular weight excluding hydrogens is 192 g/mol. The molecule has 15 heavy (non-hydrogen) atoms. The zero-order chi connectivity index (χ0) is 11.3. The van der Waals surface area contributed by atoms with Gasteiger partial charge >= 0.3 is 0 Å². The van der Waals surface area contributed by atoms with Crippen LogP contribution in [0.2, 0.25) is 0 Å². The van der Waals surface area contributed by atoms with Crippen LogP contribution in [0, 0.1) is 5.92 Å². The SMILES string of the molecule is CN1CCC(CNCC(C)(O)CO)CC1. The number of nitrogens with one attached hydrogen (secondary N) is 1. The van der Waals surface area contributed by atoms with Gasteiger partial charge in [0.25, 0.3) is 0 Å². The molecule has 0 saturated carbocycles. The first kappa shape index (κ1) is 12.9. The minimum Gasteiger partial charge on any atom is -0.393 e. The van der Waals surface area contributed by atoms with Gasteiger partial charge in [-0.05, 0) is 52.4 Å². The predicted octanol–water partition coefficient (Wildman–Crippen LogP) is -0.339. The standard InChI is InChI=1S/C11H24N2O2/c1-11(15,9-14)8-12-7-10-3-5-13(2)6-4-10/h10,12,14-15H,3-9H2,1-2H3. The molecule has 4 nitrogen and oxygen atoms in total. The van der Waals surface area contributed by atoms with Crippen molar-refractivity contribution in [2.75, 3.05) is 39.8 Å². The smallest absolute Gasteiger partial charge is 0.0972 e. The van der Waals surface area contributed by atoms with Gasteiger partial charge in [-0.2, -0.15) is 0 Å². The number of nitrogens with zero attached hydrogens (tertiary/aromatic N) is 1. The number of rotatable bonds is 5. The van der Waals surface area contributed by atoms with Crippen LogP contribution in [-0.2, 0) is 0 Å². The fourth-order valence-corrected chi connectivity index (χ4v) is 1.87. The third-order valence-corrected chi connectivity index (χ3v) is 3.12. The average Bonchev–Trinajstić information content (AvgIpc) is 2.21. The molecule has 4 heteroatoms. The Kier molecular flexibility index (Phi) is 4.99. The Labute approximate surface area is 92.3 Å². The molecule has 0 aromatic rings. The van der Waals surface area contributed by atoms with Crippen LogP contribution in [0.4, 0.5) is 0 Å². The van der Waals surface area contributed by atoms with Gasteiger partial charge in [0.05, 0.1) is 12.2 Å². The Morgan fingerprint density at radius 3 is 2.53 bits per heavy atom. The molecule has 0 aromatic heterocycles. The van der Waals surface area contributed by atoms with Gasteiger partial charge < -0.3 is 20.4 Å². The van der Waals surface area contributed by atoms with Crippen molar-refractivity contribution in [1.29, 1.82) is 0 Å². The quantitative estimate of drug-likeness (QED) is 0.588. The molecule has 0 spiro atoms. The van der Waals surface area contributed by atoms with Gasteiger partial charge in [0.2, 0.25) is 0 Å². The molecule has 0 aromatic carbocycles. The molecule has 1 aliphatic heterocycles. The topological polar surface area (TPSA) is 55.7 Å². The Balaban J connectivity index is 2.10. The van der Waals surface area contributed by atoms with E-state index >= 15 is 0 Å². The van der Waals surface area contributed by atoms with Crippen molar-refractivity contribution in [3.05, 3.63) is 0 Å². The van der Waals surface area contributed by atoms with Crippen molar-refractivity contribution >= 4 is 0 Å². The summed E-state index contributed by atoms with van der Waals surface area (Å²) in [7, 11) is 2.15. The molecule has 0 bridgehead atoms. The number of aliphatic hydroxyl groups is 2. The summed E-state index contributed by atoms with van der Waals surface area (Å²) in [6.07, 6.45) is 2.45. The molecule has 0 radical (unpaired) electrons. The lowest BCUT2D eigenvalue weighted by Crippen LogP contribution is -2.43. The summed E-state index contributed by atoms with van der Waals surface area (Å²) in [5.74, 6) is 0.718. The molecule has 1 aliphatic rings. The Morgan fingerprint density at radius 2 is 2.00 bits per heavy atom. The zero-order valence-electron chi connectivity index (χ0n) is 9.87. The molecule has 1 heterocycles. The van der Waals surface area contributed by atoms with Gasteiger partial charge in [-0.25, -0.2) is 0 Å². The van der Waals surface area contributed by atoms with Gasteiger partial charge in [-0.3, -0.25) is 0 Å². The second-order valence-electron chi connectivity index (χ2n) is 5.03. The van der Waals surface area contributed by atoms with E-state index in [1.165, 1.54) is 25.9 Å². The normalized spacial score (nSPS) is 24.0. The monoisotopic (exact) mass is 216 g/mol. The lowest BCUT2D eigenvalue weighted by atomic mass is 9.97. The van der Waals surface area contributed by atoms with Crippen LogP contribution in [0.5, 0.6) is 0 Å². The summed E-state index contributed by atoms with van der Waals surface area (Å²) in [5, 5.41) is 21.7. The average molecular weight is 216 g/mol. The van der Waals surface area contributed by atoms with Crippen LogP contribution in [-0.4, -0.2) is 60.5 Å². The summed E-state index contributed by atoms with van der Waals surface area (Å²) in [6.45, 7) is 5.22. The van der Waals surface area contributed by atoms with Gasteiger partial charge in [0.1, 0.15) is 0 Å². The largest absolute Gasteiger partial charge is 0.393 e. The van der Waals surface area contributed by atoms with Gasteiger partial charge in [-0.1, -0.05) is 0 Å². The highest BCUT2D eigenvalue weighted by molar-refractivity contribution is 4.77. The molecular formula is C11H24N2O2.